The second kappa shape index (κ2) is 3.65. The second-order valence-corrected chi connectivity index (χ2v) is 4.08. The molecule has 5 nitrogen and oxygen atoms in total. The van der Waals surface area contributed by atoms with Crippen molar-refractivity contribution in [2.45, 2.75) is 13.3 Å². The van der Waals surface area contributed by atoms with Crippen LogP contribution in [-0.4, -0.2) is 10.9 Å². The summed E-state index contributed by atoms with van der Waals surface area (Å²) in [6.07, 6.45) is 0.474. The molecule has 1 unspecified atom stereocenters. The van der Waals surface area contributed by atoms with Gasteiger partial charge >= 0.3 is 0 Å². The highest BCUT2D eigenvalue weighted by molar-refractivity contribution is 6.31. The molecular formula is C10H9ClN4O. The molecule has 16 heavy (non-hydrogen) atoms. The van der Waals surface area contributed by atoms with Crippen molar-refractivity contribution in [2.75, 3.05) is 11.1 Å². The van der Waals surface area contributed by atoms with Crippen LogP contribution in [0.25, 0.3) is 0 Å². The minimum Gasteiger partial charge on any atom is -0.382 e. The van der Waals surface area contributed by atoms with E-state index < -0.39 is 0 Å². The number of nitrogens with zero attached hydrogens (tertiary/aromatic N) is 2. The Labute approximate surface area is 97.2 Å². The first kappa shape index (κ1) is 10.7. The number of carbonyl (C=O) groups excluding carboxylic acids is 1. The van der Waals surface area contributed by atoms with Gasteiger partial charge in [0.25, 0.3) is 0 Å². The molecule has 0 saturated carbocycles. The summed E-state index contributed by atoms with van der Waals surface area (Å²) in [4.78, 5) is 15.4. The number of rotatable bonds is 0. The zero-order chi connectivity index (χ0) is 11.9. The molecule has 0 radical (unpaired) electrons. The fourth-order valence-corrected chi connectivity index (χ4v) is 1.96. The Morgan fingerprint density at radius 2 is 2.38 bits per heavy atom. The van der Waals surface area contributed by atoms with Gasteiger partial charge < -0.3 is 11.1 Å². The highest BCUT2D eigenvalue weighted by Crippen LogP contribution is 2.35. The van der Waals surface area contributed by atoms with Crippen LogP contribution in [-0.2, 0) is 11.2 Å². The molecule has 1 atom stereocenters. The summed E-state index contributed by atoms with van der Waals surface area (Å²) in [5, 5.41) is 11.8. The summed E-state index contributed by atoms with van der Waals surface area (Å²) < 4.78 is 0. The van der Waals surface area contributed by atoms with Gasteiger partial charge in [-0.15, -0.1) is 0 Å². The zero-order valence-electron chi connectivity index (χ0n) is 8.54. The van der Waals surface area contributed by atoms with Crippen LogP contribution in [0.2, 0.25) is 5.15 Å². The van der Waals surface area contributed by atoms with Crippen LogP contribution in [0.1, 0.15) is 18.1 Å². The molecule has 2 rings (SSSR count). The number of aromatic nitrogens is 1. The third-order valence-electron chi connectivity index (χ3n) is 2.59. The topological polar surface area (TPSA) is 91.8 Å². The summed E-state index contributed by atoms with van der Waals surface area (Å²) >= 11 is 5.94. The Balaban J connectivity index is 2.68. The molecule has 1 aliphatic rings. The van der Waals surface area contributed by atoms with Gasteiger partial charge in [-0.3, -0.25) is 4.79 Å². The number of nitrogens with two attached hydrogens (primary N) is 1. The van der Waals surface area contributed by atoms with Crippen LogP contribution in [0.15, 0.2) is 0 Å². The second-order valence-electron chi connectivity index (χ2n) is 3.72. The van der Waals surface area contributed by atoms with Crippen molar-refractivity contribution < 1.29 is 4.79 Å². The van der Waals surface area contributed by atoms with E-state index in [9.17, 15) is 4.79 Å². The van der Waals surface area contributed by atoms with Crippen LogP contribution in [0.5, 0.6) is 0 Å². The third-order valence-corrected chi connectivity index (χ3v) is 2.91. The monoisotopic (exact) mass is 236 g/mol. The van der Waals surface area contributed by atoms with Crippen molar-refractivity contribution in [3.8, 4) is 6.07 Å². The average molecular weight is 237 g/mol. The van der Waals surface area contributed by atoms with E-state index in [0.717, 1.165) is 0 Å². The van der Waals surface area contributed by atoms with Crippen molar-refractivity contribution in [1.29, 1.82) is 5.26 Å². The molecule has 1 amide bonds. The predicted molar refractivity (Wildman–Crippen MR) is 59.9 cm³/mol. The molecule has 1 aromatic rings. The van der Waals surface area contributed by atoms with Crippen molar-refractivity contribution in [1.82, 2.24) is 4.98 Å². The molecule has 2 heterocycles. The van der Waals surface area contributed by atoms with Crippen LogP contribution in [0.4, 0.5) is 11.5 Å². The average Bonchev–Trinajstić information content (AvgIpc) is 2.22. The fourth-order valence-electron chi connectivity index (χ4n) is 1.69. The quantitative estimate of drug-likeness (QED) is 0.665. The number of fused-ring (bicyclic) bond motifs is 1. The summed E-state index contributed by atoms with van der Waals surface area (Å²) in [6.45, 7) is 1.79. The molecule has 0 aliphatic carbocycles. The Kier molecular flexibility index (Phi) is 2.44. The largest absolute Gasteiger partial charge is 0.382 e. The van der Waals surface area contributed by atoms with Gasteiger partial charge in [-0.1, -0.05) is 18.5 Å². The predicted octanol–water partition coefficient (Wildman–Crippen LogP) is 1.32. The first-order valence-corrected chi connectivity index (χ1v) is 5.11. The molecule has 0 fully saturated rings. The highest BCUT2D eigenvalue weighted by atomic mass is 35.5. The van der Waals surface area contributed by atoms with E-state index in [-0.39, 0.29) is 28.4 Å². The lowest BCUT2D eigenvalue weighted by atomic mass is 9.94. The van der Waals surface area contributed by atoms with Gasteiger partial charge in [0.2, 0.25) is 5.91 Å². The Morgan fingerprint density at radius 1 is 1.69 bits per heavy atom. The number of nitrogens with one attached hydrogen (secondary N) is 1. The molecule has 1 aliphatic heterocycles. The maximum Gasteiger partial charge on any atom is 0.227 e. The van der Waals surface area contributed by atoms with Gasteiger partial charge in [0.15, 0.2) is 0 Å². The number of hydrogen-bond donors (Lipinski definition) is 2. The summed E-state index contributed by atoms with van der Waals surface area (Å²) in [5.41, 5.74) is 6.83. The third kappa shape index (κ3) is 1.48. The minimum atomic E-state index is -0.179. The summed E-state index contributed by atoms with van der Waals surface area (Å²) in [6, 6.07) is 1.93. The van der Waals surface area contributed by atoms with E-state index >= 15 is 0 Å². The van der Waals surface area contributed by atoms with Gasteiger partial charge in [-0.05, 0) is 6.42 Å². The van der Waals surface area contributed by atoms with Crippen molar-refractivity contribution in [2.24, 2.45) is 5.92 Å². The van der Waals surface area contributed by atoms with E-state index in [0.29, 0.717) is 17.7 Å². The molecule has 0 saturated heterocycles. The molecule has 82 valence electrons. The Hall–Kier alpha value is -1.80. The number of halogens is 1. The summed E-state index contributed by atoms with van der Waals surface area (Å²) in [5.74, 6) is -0.270. The maximum atomic E-state index is 11.5. The molecule has 3 N–H and O–H groups in total. The van der Waals surface area contributed by atoms with Crippen molar-refractivity contribution in [3.05, 3.63) is 16.3 Å². The molecule has 0 aromatic carbocycles. The number of hydrogen-bond acceptors (Lipinski definition) is 4. The van der Waals surface area contributed by atoms with E-state index in [1.54, 1.807) is 6.92 Å². The van der Waals surface area contributed by atoms with Gasteiger partial charge in [0.05, 0.1) is 5.69 Å². The van der Waals surface area contributed by atoms with Crippen LogP contribution in [0, 0.1) is 17.2 Å². The van der Waals surface area contributed by atoms with Gasteiger partial charge in [-0.25, -0.2) is 4.98 Å². The van der Waals surface area contributed by atoms with Crippen LogP contribution >= 0.6 is 11.6 Å². The summed E-state index contributed by atoms with van der Waals surface area (Å²) in [7, 11) is 0. The molecule has 1 aromatic heterocycles. The zero-order valence-corrected chi connectivity index (χ0v) is 9.30. The van der Waals surface area contributed by atoms with E-state index in [1.807, 2.05) is 6.07 Å². The minimum absolute atomic E-state index is 0.0427. The fraction of sp³-hybridized carbons (Fsp3) is 0.300. The molecule has 6 heteroatoms. The van der Waals surface area contributed by atoms with E-state index in [4.69, 9.17) is 22.6 Å². The van der Waals surface area contributed by atoms with Gasteiger partial charge in [0.1, 0.15) is 22.6 Å². The maximum absolute atomic E-state index is 11.5. The first-order valence-electron chi connectivity index (χ1n) is 4.73. The standard InChI is InChI=1S/C10H9ClN4O/c1-4-2-5-7(14-10(4)16)6(3-12)9(13)15-8(5)11/h4H,2H2,1H3,(H2,13,15)(H,14,16). The number of nitrogen functional groups attached to an aromatic ring is 1. The smallest absolute Gasteiger partial charge is 0.227 e. The number of nitriles is 1. The normalized spacial score (nSPS) is 18.6. The van der Waals surface area contributed by atoms with E-state index in [2.05, 4.69) is 10.3 Å². The Morgan fingerprint density at radius 3 is 3.00 bits per heavy atom. The van der Waals surface area contributed by atoms with Crippen molar-refractivity contribution >= 4 is 29.0 Å². The Bertz CT molecular complexity index is 521. The van der Waals surface area contributed by atoms with Crippen LogP contribution < -0.4 is 11.1 Å². The number of anilines is 2. The molecular weight excluding hydrogens is 228 g/mol. The van der Waals surface area contributed by atoms with Gasteiger partial charge in [0, 0.05) is 11.5 Å². The lowest BCUT2D eigenvalue weighted by Gasteiger charge is -2.23. The van der Waals surface area contributed by atoms with Gasteiger partial charge in [-0.2, -0.15) is 5.26 Å². The number of amides is 1. The lowest BCUT2D eigenvalue weighted by Crippen LogP contribution is -2.29. The number of pyridine rings is 1. The highest BCUT2D eigenvalue weighted by Gasteiger charge is 2.28. The SMILES string of the molecule is CC1Cc2c(Cl)nc(N)c(C#N)c2NC1=O. The lowest BCUT2D eigenvalue weighted by molar-refractivity contribution is -0.119. The molecule has 0 spiro atoms. The van der Waals surface area contributed by atoms with Crippen LogP contribution in [0.3, 0.4) is 0 Å². The first-order chi connectivity index (χ1) is 7.54. The van der Waals surface area contributed by atoms with E-state index in [1.165, 1.54) is 0 Å². The molecule has 0 bridgehead atoms. The number of carbonyl (C=O) groups is 1. The van der Waals surface area contributed by atoms with Crippen molar-refractivity contribution in [3.63, 3.8) is 0 Å².